The molecular formula is C19H22ClNO4S. The van der Waals surface area contributed by atoms with E-state index in [2.05, 4.69) is 5.32 Å². The number of carbonyl (C=O) groups is 1. The lowest BCUT2D eigenvalue weighted by molar-refractivity contribution is -0.115. The summed E-state index contributed by atoms with van der Waals surface area (Å²) in [6, 6.07) is 12.1. The van der Waals surface area contributed by atoms with Crippen LogP contribution in [0.4, 0.5) is 5.69 Å². The van der Waals surface area contributed by atoms with Crippen molar-refractivity contribution < 1.29 is 17.9 Å². The predicted octanol–water partition coefficient (Wildman–Crippen LogP) is 3.85. The standard InChI is InChI=1S/C19H22ClNO4S/c1-4-14-5-8-17(9-6-14)21-19(22)13(2)26(23,24)12-15-11-16(20)7-10-18(15)25-3/h5-11,13H,4,12H2,1-3H3,(H,21,22). The normalized spacial score (nSPS) is 12.5. The van der Waals surface area contributed by atoms with Crippen LogP contribution in [0.5, 0.6) is 5.75 Å². The number of aryl methyl sites for hydroxylation is 1. The Kier molecular flexibility index (Phi) is 6.67. The predicted molar refractivity (Wildman–Crippen MR) is 105 cm³/mol. The number of rotatable bonds is 7. The summed E-state index contributed by atoms with van der Waals surface area (Å²) in [6.45, 7) is 3.41. The third kappa shape index (κ3) is 4.99. The number of nitrogens with one attached hydrogen (secondary N) is 1. The largest absolute Gasteiger partial charge is 0.496 e. The number of hydrogen-bond acceptors (Lipinski definition) is 4. The molecule has 2 aromatic rings. The maximum atomic E-state index is 12.7. The van der Waals surface area contributed by atoms with E-state index in [0.717, 1.165) is 12.0 Å². The third-order valence-corrected chi connectivity index (χ3v) is 6.38. The van der Waals surface area contributed by atoms with Crippen molar-refractivity contribution in [3.8, 4) is 5.75 Å². The van der Waals surface area contributed by atoms with Gasteiger partial charge in [0.05, 0.1) is 12.9 Å². The summed E-state index contributed by atoms with van der Waals surface area (Å²) in [5.41, 5.74) is 2.12. The van der Waals surface area contributed by atoms with Gasteiger partial charge in [0.25, 0.3) is 0 Å². The zero-order valence-corrected chi connectivity index (χ0v) is 16.5. The molecule has 0 bridgehead atoms. The van der Waals surface area contributed by atoms with E-state index in [1.54, 1.807) is 24.3 Å². The number of sulfone groups is 1. The van der Waals surface area contributed by atoms with Gasteiger partial charge in [0, 0.05) is 16.3 Å². The molecule has 0 heterocycles. The second-order valence-electron chi connectivity index (χ2n) is 5.95. The van der Waals surface area contributed by atoms with Crippen molar-refractivity contribution in [1.29, 1.82) is 0 Å². The lowest BCUT2D eigenvalue weighted by atomic mass is 10.1. The van der Waals surface area contributed by atoms with Gasteiger partial charge in [-0.3, -0.25) is 4.79 Å². The van der Waals surface area contributed by atoms with E-state index in [1.807, 2.05) is 19.1 Å². The van der Waals surface area contributed by atoms with Gasteiger partial charge in [-0.15, -0.1) is 0 Å². The van der Waals surface area contributed by atoms with Gasteiger partial charge >= 0.3 is 0 Å². The second kappa shape index (κ2) is 8.56. The highest BCUT2D eigenvalue weighted by Crippen LogP contribution is 2.26. The van der Waals surface area contributed by atoms with E-state index < -0.39 is 21.0 Å². The smallest absolute Gasteiger partial charge is 0.242 e. The number of carbonyl (C=O) groups excluding carboxylic acids is 1. The Balaban J connectivity index is 2.14. The van der Waals surface area contributed by atoms with Crippen LogP contribution in [-0.4, -0.2) is 26.7 Å². The van der Waals surface area contributed by atoms with Gasteiger partial charge in [-0.05, 0) is 49.2 Å². The molecule has 1 atom stereocenters. The first kappa shape index (κ1) is 20.3. The molecule has 0 saturated heterocycles. The topological polar surface area (TPSA) is 72.5 Å². The van der Waals surface area contributed by atoms with Crippen LogP contribution in [0.1, 0.15) is 25.0 Å². The minimum absolute atomic E-state index is 0.333. The number of anilines is 1. The molecule has 0 aliphatic heterocycles. The summed E-state index contributed by atoms with van der Waals surface area (Å²) in [7, 11) is -2.29. The van der Waals surface area contributed by atoms with Gasteiger partial charge in [-0.1, -0.05) is 30.7 Å². The maximum Gasteiger partial charge on any atom is 0.242 e. The minimum atomic E-state index is -3.75. The van der Waals surface area contributed by atoms with E-state index in [-0.39, 0.29) is 5.75 Å². The first-order valence-electron chi connectivity index (χ1n) is 8.20. The number of benzene rings is 2. The molecule has 0 saturated carbocycles. The van der Waals surface area contributed by atoms with E-state index in [0.29, 0.717) is 22.0 Å². The van der Waals surface area contributed by atoms with Crippen molar-refractivity contribution in [3.63, 3.8) is 0 Å². The van der Waals surface area contributed by atoms with Gasteiger partial charge in [0.1, 0.15) is 11.0 Å². The SMILES string of the molecule is CCc1ccc(NC(=O)C(C)S(=O)(=O)Cc2cc(Cl)ccc2OC)cc1. The molecule has 140 valence electrons. The van der Waals surface area contributed by atoms with Crippen LogP contribution in [0.3, 0.4) is 0 Å². The summed E-state index contributed by atoms with van der Waals surface area (Å²) in [5, 5.41) is 1.84. The van der Waals surface area contributed by atoms with Gasteiger partial charge in [-0.2, -0.15) is 0 Å². The van der Waals surface area contributed by atoms with Crippen molar-refractivity contribution in [2.45, 2.75) is 31.3 Å². The summed E-state index contributed by atoms with van der Waals surface area (Å²) >= 11 is 5.95. The Bertz CT molecular complexity index is 879. The highest BCUT2D eigenvalue weighted by atomic mass is 35.5. The Hall–Kier alpha value is -2.05. The van der Waals surface area contributed by atoms with Gasteiger partial charge in [0.2, 0.25) is 5.91 Å². The molecule has 7 heteroatoms. The van der Waals surface area contributed by atoms with E-state index in [4.69, 9.17) is 16.3 Å². The second-order valence-corrected chi connectivity index (χ2v) is 8.70. The molecule has 1 amide bonds. The van der Waals surface area contributed by atoms with E-state index in [1.165, 1.54) is 20.1 Å². The van der Waals surface area contributed by atoms with Crippen LogP contribution in [0.2, 0.25) is 5.02 Å². The Labute approximate surface area is 159 Å². The third-order valence-electron chi connectivity index (χ3n) is 4.14. The molecule has 0 spiro atoms. The van der Waals surface area contributed by atoms with Gasteiger partial charge in [-0.25, -0.2) is 8.42 Å². The molecule has 0 aromatic heterocycles. The van der Waals surface area contributed by atoms with Crippen molar-refractivity contribution in [3.05, 3.63) is 58.6 Å². The Morgan fingerprint density at radius 2 is 1.85 bits per heavy atom. The molecule has 2 aromatic carbocycles. The number of amides is 1. The van der Waals surface area contributed by atoms with E-state index >= 15 is 0 Å². The molecule has 1 N–H and O–H groups in total. The average molecular weight is 396 g/mol. The van der Waals surface area contributed by atoms with Crippen LogP contribution >= 0.6 is 11.6 Å². The summed E-state index contributed by atoms with van der Waals surface area (Å²) in [4.78, 5) is 12.4. The Morgan fingerprint density at radius 1 is 1.19 bits per heavy atom. The number of methoxy groups -OCH3 is 1. The molecule has 0 fully saturated rings. The minimum Gasteiger partial charge on any atom is -0.496 e. The van der Waals surface area contributed by atoms with Crippen LogP contribution in [0.15, 0.2) is 42.5 Å². The van der Waals surface area contributed by atoms with Gasteiger partial charge in [0.15, 0.2) is 9.84 Å². The van der Waals surface area contributed by atoms with Crippen LogP contribution in [-0.2, 0) is 26.8 Å². The summed E-state index contributed by atoms with van der Waals surface area (Å²) < 4.78 is 30.5. The lowest BCUT2D eigenvalue weighted by Crippen LogP contribution is -2.33. The lowest BCUT2D eigenvalue weighted by Gasteiger charge is -2.15. The number of ether oxygens (including phenoxy) is 1. The molecular weight excluding hydrogens is 374 g/mol. The van der Waals surface area contributed by atoms with Crippen molar-refractivity contribution in [2.24, 2.45) is 0 Å². The van der Waals surface area contributed by atoms with Crippen LogP contribution in [0.25, 0.3) is 0 Å². The highest BCUT2D eigenvalue weighted by molar-refractivity contribution is 7.92. The summed E-state index contributed by atoms with van der Waals surface area (Å²) in [5.74, 6) is -0.490. The van der Waals surface area contributed by atoms with Crippen LogP contribution in [0, 0.1) is 0 Å². The first-order valence-corrected chi connectivity index (χ1v) is 10.3. The molecule has 0 radical (unpaired) electrons. The molecule has 2 rings (SSSR count). The fraction of sp³-hybridized carbons (Fsp3) is 0.316. The Morgan fingerprint density at radius 3 is 2.42 bits per heavy atom. The van der Waals surface area contributed by atoms with E-state index in [9.17, 15) is 13.2 Å². The van der Waals surface area contributed by atoms with Crippen molar-refractivity contribution in [2.75, 3.05) is 12.4 Å². The van der Waals surface area contributed by atoms with Crippen LogP contribution < -0.4 is 10.1 Å². The number of hydrogen-bond donors (Lipinski definition) is 1. The van der Waals surface area contributed by atoms with Crippen molar-refractivity contribution in [1.82, 2.24) is 0 Å². The maximum absolute atomic E-state index is 12.7. The molecule has 26 heavy (non-hydrogen) atoms. The highest BCUT2D eigenvalue weighted by Gasteiger charge is 2.29. The quantitative estimate of drug-likeness (QED) is 0.772. The zero-order chi connectivity index (χ0) is 19.3. The first-order chi connectivity index (χ1) is 12.3. The number of halogens is 1. The van der Waals surface area contributed by atoms with Crippen molar-refractivity contribution >= 4 is 33.0 Å². The molecule has 5 nitrogen and oxygen atoms in total. The monoisotopic (exact) mass is 395 g/mol. The fourth-order valence-electron chi connectivity index (χ4n) is 2.43. The molecule has 0 aliphatic carbocycles. The van der Waals surface area contributed by atoms with Gasteiger partial charge < -0.3 is 10.1 Å². The molecule has 0 aliphatic rings. The zero-order valence-electron chi connectivity index (χ0n) is 15.0. The summed E-state index contributed by atoms with van der Waals surface area (Å²) in [6.07, 6.45) is 0.889. The fourth-order valence-corrected chi connectivity index (χ4v) is 3.92. The molecule has 1 unspecified atom stereocenters. The average Bonchev–Trinajstić information content (AvgIpc) is 2.61.